The molecule has 0 radical (unpaired) electrons. The van der Waals surface area contributed by atoms with E-state index in [1.165, 1.54) is 6.07 Å². The number of fused-ring (bicyclic) bond motifs is 1. The van der Waals surface area contributed by atoms with Crippen LogP contribution in [-0.2, 0) is 26.8 Å². The molecule has 1 aliphatic heterocycles. The fourth-order valence-corrected chi connectivity index (χ4v) is 3.17. The number of carbonyl (C=O) groups excluding carboxylic acids is 1. The van der Waals surface area contributed by atoms with E-state index in [1.807, 2.05) is 20.8 Å². The van der Waals surface area contributed by atoms with Gasteiger partial charge in [0.2, 0.25) is 0 Å². The van der Waals surface area contributed by atoms with Crippen LogP contribution in [0.2, 0.25) is 0 Å². The van der Waals surface area contributed by atoms with Gasteiger partial charge in [-0.05, 0) is 56.9 Å². The van der Waals surface area contributed by atoms with E-state index in [1.54, 1.807) is 17.0 Å². The number of halogens is 1. The van der Waals surface area contributed by atoms with E-state index in [0.717, 1.165) is 17.5 Å². The van der Waals surface area contributed by atoms with E-state index < -0.39 is 14.7 Å². The fraction of sp³-hybridized carbons (Fsp3) is 0.533. The second kappa shape index (κ2) is 6.08. The van der Waals surface area contributed by atoms with Gasteiger partial charge in [-0.2, -0.15) is 0 Å². The van der Waals surface area contributed by atoms with Gasteiger partial charge in [-0.1, -0.05) is 6.07 Å². The molecule has 1 amide bonds. The largest absolute Gasteiger partial charge is 0.444 e. The van der Waals surface area contributed by atoms with Gasteiger partial charge >= 0.3 is 6.09 Å². The van der Waals surface area contributed by atoms with Crippen molar-refractivity contribution >= 4 is 25.8 Å². The second-order valence-corrected chi connectivity index (χ2v) is 8.94. The van der Waals surface area contributed by atoms with E-state index in [9.17, 15) is 13.2 Å². The Morgan fingerprint density at radius 3 is 2.55 bits per heavy atom. The van der Waals surface area contributed by atoms with Gasteiger partial charge < -0.3 is 9.64 Å². The summed E-state index contributed by atoms with van der Waals surface area (Å²) in [7, 11) is 1.65. The molecule has 1 aromatic rings. The molecule has 22 heavy (non-hydrogen) atoms. The van der Waals surface area contributed by atoms with E-state index in [2.05, 4.69) is 0 Å². The van der Waals surface area contributed by atoms with Crippen molar-refractivity contribution in [2.24, 2.45) is 0 Å². The lowest BCUT2D eigenvalue weighted by Crippen LogP contribution is -2.36. The maximum Gasteiger partial charge on any atom is 0.410 e. The average Bonchev–Trinajstić information content (AvgIpc) is 2.56. The summed E-state index contributed by atoms with van der Waals surface area (Å²) in [5.41, 5.74) is 1.29. The first-order valence-electron chi connectivity index (χ1n) is 7.11. The third-order valence-electron chi connectivity index (χ3n) is 3.35. The van der Waals surface area contributed by atoms with Crippen LogP contribution in [0.4, 0.5) is 4.79 Å². The minimum Gasteiger partial charge on any atom is -0.444 e. The summed E-state index contributed by atoms with van der Waals surface area (Å²) in [5.74, 6) is 0. The van der Waals surface area contributed by atoms with Crippen LogP contribution in [-0.4, -0.2) is 31.6 Å². The maximum absolute atomic E-state index is 12.2. The van der Waals surface area contributed by atoms with E-state index in [-0.39, 0.29) is 11.0 Å². The molecule has 0 atom stereocenters. The quantitative estimate of drug-likeness (QED) is 0.732. The molecule has 1 heterocycles. The van der Waals surface area contributed by atoms with Crippen molar-refractivity contribution < 1.29 is 17.9 Å². The number of hydrogen-bond acceptors (Lipinski definition) is 4. The molecule has 1 aliphatic rings. The molecule has 1 aromatic carbocycles. The van der Waals surface area contributed by atoms with Crippen molar-refractivity contribution in [2.45, 2.75) is 50.7 Å². The lowest BCUT2D eigenvalue weighted by Gasteiger charge is -2.26. The van der Waals surface area contributed by atoms with Gasteiger partial charge in [-0.15, -0.1) is 0 Å². The predicted octanol–water partition coefficient (Wildman–Crippen LogP) is 3.30. The van der Waals surface area contributed by atoms with Crippen molar-refractivity contribution in [1.29, 1.82) is 0 Å². The van der Waals surface area contributed by atoms with Gasteiger partial charge in [-0.3, -0.25) is 0 Å². The van der Waals surface area contributed by atoms with Crippen molar-refractivity contribution in [3.63, 3.8) is 0 Å². The topological polar surface area (TPSA) is 63.7 Å². The average molecular weight is 346 g/mol. The molecule has 0 saturated heterocycles. The molecule has 0 saturated carbocycles. The highest BCUT2D eigenvalue weighted by Gasteiger charge is 2.25. The standard InChI is InChI=1S/C15H20ClNO4S/c1-15(2,3)21-14(18)17-8-4-5-11-9-13(22(16,19)20)7-6-12(11)10-17/h6-7,9H,4-5,8,10H2,1-3H3. The second-order valence-electron chi connectivity index (χ2n) is 6.37. The number of ether oxygens (including phenoxy) is 1. The Morgan fingerprint density at radius 1 is 1.27 bits per heavy atom. The summed E-state index contributed by atoms with van der Waals surface area (Å²) in [6.07, 6.45) is 1.10. The molecule has 0 fully saturated rings. The number of hydrogen-bond donors (Lipinski definition) is 0. The van der Waals surface area contributed by atoms with Crippen LogP contribution in [0.15, 0.2) is 23.1 Å². The first-order valence-corrected chi connectivity index (χ1v) is 9.41. The van der Waals surface area contributed by atoms with Gasteiger partial charge in [0.1, 0.15) is 5.60 Å². The molecule has 0 N–H and O–H groups in total. The van der Waals surface area contributed by atoms with Gasteiger partial charge in [0.15, 0.2) is 0 Å². The summed E-state index contributed by atoms with van der Waals surface area (Å²) in [6, 6.07) is 4.78. The molecular formula is C15H20ClNO4S. The van der Waals surface area contributed by atoms with E-state index >= 15 is 0 Å². The highest BCUT2D eigenvalue weighted by atomic mass is 35.7. The molecule has 5 nitrogen and oxygen atoms in total. The molecular weight excluding hydrogens is 326 g/mol. The number of benzene rings is 1. The van der Waals surface area contributed by atoms with Gasteiger partial charge in [0.25, 0.3) is 9.05 Å². The third-order valence-corrected chi connectivity index (χ3v) is 4.70. The summed E-state index contributed by atoms with van der Waals surface area (Å²) in [4.78, 5) is 13.9. The first-order chi connectivity index (χ1) is 10.1. The molecule has 0 unspecified atom stereocenters. The predicted molar refractivity (Wildman–Crippen MR) is 84.4 cm³/mol. The normalized spacial score (nSPS) is 15.9. The van der Waals surface area contributed by atoms with E-state index in [4.69, 9.17) is 15.4 Å². The minimum absolute atomic E-state index is 0.0960. The molecule has 0 aromatic heterocycles. The van der Waals surface area contributed by atoms with Crippen LogP contribution in [0.5, 0.6) is 0 Å². The number of nitrogens with zero attached hydrogens (tertiary/aromatic N) is 1. The summed E-state index contributed by atoms with van der Waals surface area (Å²) in [5, 5.41) is 0. The third kappa shape index (κ3) is 4.36. The minimum atomic E-state index is -3.74. The van der Waals surface area contributed by atoms with Crippen LogP contribution in [0, 0.1) is 0 Å². The van der Waals surface area contributed by atoms with Crippen molar-refractivity contribution in [3.05, 3.63) is 29.3 Å². The monoisotopic (exact) mass is 345 g/mol. The summed E-state index contributed by atoms with van der Waals surface area (Å²) < 4.78 is 28.2. The molecule has 0 spiro atoms. The van der Waals surface area contributed by atoms with Gasteiger partial charge in [0.05, 0.1) is 4.90 Å². The molecule has 7 heteroatoms. The Kier molecular flexibility index (Phi) is 4.73. The first kappa shape index (κ1) is 17.1. The lowest BCUT2D eigenvalue weighted by atomic mass is 10.0. The van der Waals surface area contributed by atoms with Crippen LogP contribution in [0.1, 0.15) is 38.3 Å². The van der Waals surface area contributed by atoms with Crippen LogP contribution >= 0.6 is 10.7 Å². The zero-order valence-corrected chi connectivity index (χ0v) is 14.5. The van der Waals surface area contributed by atoms with Gasteiger partial charge in [-0.25, -0.2) is 13.2 Å². The highest BCUT2D eigenvalue weighted by Crippen LogP contribution is 2.25. The Balaban J connectivity index is 2.23. The van der Waals surface area contributed by atoms with Crippen molar-refractivity contribution in [1.82, 2.24) is 4.90 Å². The zero-order chi connectivity index (χ0) is 16.5. The number of aryl methyl sites for hydroxylation is 1. The Bertz CT molecular complexity index is 679. The highest BCUT2D eigenvalue weighted by molar-refractivity contribution is 8.13. The van der Waals surface area contributed by atoms with Crippen molar-refractivity contribution in [2.75, 3.05) is 6.54 Å². The Morgan fingerprint density at radius 2 is 1.95 bits per heavy atom. The molecule has 122 valence electrons. The van der Waals surface area contributed by atoms with Gasteiger partial charge in [0, 0.05) is 23.8 Å². The fourth-order valence-electron chi connectivity index (χ4n) is 2.37. The lowest BCUT2D eigenvalue weighted by molar-refractivity contribution is 0.0237. The smallest absolute Gasteiger partial charge is 0.410 e. The molecule has 2 rings (SSSR count). The van der Waals surface area contributed by atoms with Crippen LogP contribution in [0.3, 0.4) is 0 Å². The molecule has 0 aliphatic carbocycles. The number of rotatable bonds is 1. The van der Waals surface area contributed by atoms with Crippen LogP contribution in [0.25, 0.3) is 0 Å². The summed E-state index contributed by atoms with van der Waals surface area (Å²) >= 11 is 0. The maximum atomic E-state index is 12.2. The van der Waals surface area contributed by atoms with E-state index in [0.29, 0.717) is 19.5 Å². The zero-order valence-electron chi connectivity index (χ0n) is 12.9. The Labute approximate surface area is 135 Å². The number of carbonyl (C=O) groups is 1. The van der Waals surface area contributed by atoms with Crippen LogP contribution < -0.4 is 0 Å². The molecule has 0 bridgehead atoms. The summed E-state index contributed by atoms with van der Waals surface area (Å²) in [6.45, 7) is 6.47. The SMILES string of the molecule is CC(C)(C)OC(=O)N1CCCc2cc(S(=O)(=O)Cl)ccc2C1. The number of amides is 1. The van der Waals surface area contributed by atoms with Crippen molar-refractivity contribution in [3.8, 4) is 0 Å². The Hall–Kier alpha value is -1.27.